The summed E-state index contributed by atoms with van der Waals surface area (Å²) in [5.74, 6) is 1.40. The van der Waals surface area contributed by atoms with E-state index < -0.39 is 0 Å². The van der Waals surface area contributed by atoms with Crippen LogP contribution >= 0.6 is 0 Å². The highest BCUT2D eigenvalue weighted by molar-refractivity contribution is 5.91. The first-order valence-corrected chi connectivity index (χ1v) is 10.0. The van der Waals surface area contributed by atoms with Crippen molar-refractivity contribution in [3.05, 3.63) is 89.5 Å². The number of methoxy groups -OCH3 is 1. The maximum Gasteiger partial charge on any atom is 0.279 e. The molecule has 0 heterocycles. The second-order valence-electron chi connectivity index (χ2n) is 7.49. The van der Waals surface area contributed by atoms with E-state index in [9.17, 15) is 4.79 Å². The lowest BCUT2D eigenvalue weighted by Gasteiger charge is -2.16. The number of quaternary nitrogens is 1. The van der Waals surface area contributed by atoms with E-state index in [1.54, 1.807) is 7.11 Å². The van der Waals surface area contributed by atoms with Gasteiger partial charge < -0.3 is 19.7 Å². The quantitative estimate of drug-likeness (QED) is 0.575. The van der Waals surface area contributed by atoms with E-state index in [0.29, 0.717) is 31.2 Å². The zero-order chi connectivity index (χ0) is 21.3. The van der Waals surface area contributed by atoms with Crippen LogP contribution in [0.25, 0.3) is 0 Å². The summed E-state index contributed by atoms with van der Waals surface area (Å²) in [6, 6.07) is 23.8. The summed E-state index contributed by atoms with van der Waals surface area (Å²) in [5, 5.41) is 2.96. The van der Waals surface area contributed by atoms with Crippen molar-refractivity contribution in [2.75, 3.05) is 26.0 Å². The monoisotopic (exact) mass is 405 g/mol. The highest BCUT2D eigenvalue weighted by atomic mass is 16.5. The van der Waals surface area contributed by atoms with Crippen LogP contribution in [0.15, 0.2) is 72.8 Å². The molecule has 1 unspecified atom stereocenters. The van der Waals surface area contributed by atoms with E-state index in [2.05, 4.69) is 5.32 Å². The van der Waals surface area contributed by atoms with Crippen LogP contribution in [0, 0.1) is 6.92 Å². The average Bonchev–Trinajstić information content (AvgIpc) is 2.73. The number of hydrogen-bond donors (Lipinski definition) is 2. The molecule has 0 aliphatic heterocycles. The van der Waals surface area contributed by atoms with Gasteiger partial charge in [0.15, 0.2) is 18.0 Å². The summed E-state index contributed by atoms with van der Waals surface area (Å²) in [6.45, 7) is 3.58. The molecule has 0 saturated carbocycles. The number of amides is 1. The molecular formula is C25H29N2O3+. The number of benzene rings is 3. The van der Waals surface area contributed by atoms with Crippen molar-refractivity contribution in [1.29, 1.82) is 0 Å². The lowest BCUT2D eigenvalue weighted by atomic mass is 10.2. The molecule has 5 nitrogen and oxygen atoms in total. The van der Waals surface area contributed by atoms with Gasteiger partial charge >= 0.3 is 0 Å². The number of anilines is 1. The number of carbonyl (C=O) groups is 1. The van der Waals surface area contributed by atoms with E-state index in [4.69, 9.17) is 9.47 Å². The van der Waals surface area contributed by atoms with Crippen LogP contribution in [0.1, 0.15) is 16.7 Å². The van der Waals surface area contributed by atoms with Crippen molar-refractivity contribution in [1.82, 2.24) is 0 Å². The van der Waals surface area contributed by atoms with E-state index in [0.717, 1.165) is 27.3 Å². The van der Waals surface area contributed by atoms with E-state index >= 15 is 0 Å². The molecule has 0 spiro atoms. The number of rotatable bonds is 9. The van der Waals surface area contributed by atoms with Crippen molar-refractivity contribution in [3.63, 3.8) is 0 Å². The van der Waals surface area contributed by atoms with Gasteiger partial charge in [-0.2, -0.15) is 0 Å². The van der Waals surface area contributed by atoms with Crippen LogP contribution in [0.5, 0.6) is 11.5 Å². The third-order valence-corrected chi connectivity index (χ3v) is 4.74. The van der Waals surface area contributed by atoms with Gasteiger partial charge in [0.05, 0.1) is 14.2 Å². The van der Waals surface area contributed by atoms with Crippen molar-refractivity contribution in [2.24, 2.45) is 0 Å². The van der Waals surface area contributed by atoms with Gasteiger partial charge in [0.25, 0.3) is 5.91 Å². The van der Waals surface area contributed by atoms with Crippen molar-refractivity contribution in [3.8, 4) is 11.5 Å². The Hall–Kier alpha value is -3.31. The van der Waals surface area contributed by atoms with Gasteiger partial charge in [-0.15, -0.1) is 0 Å². The number of ether oxygens (including phenoxy) is 2. The molecular weight excluding hydrogens is 376 g/mol. The highest BCUT2D eigenvalue weighted by Gasteiger charge is 2.13. The van der Waals surface area contributed by atoms with Crippen LogP contribution in [0.2, 0.25) is 0 Å². The fourth-order valence-corrected chi connectivity index (χ4v) is 3.29. The van der Waals surface area contributed by atoms with Crippen LogP contribution in [0.4, 0.5) is 5.69 Å². The average molecular weight is 406 g/mol. The van der Waals surface area contributed by atoms with Crippen LogP contribution < -0.4 is 19.7 Å². The molecule has 3 rings (SSSR count). The number of carbonyl (C=O) groups excluding carboxylic acids is 1. The molecule has 0 saturated heterocycles. The molecule has 0 radical (unpaired) electrons. The summed E-state index contributed by atoms with van der Waals surface area (Å²) in [4.78, 5) is 13.4. The molecule has 0 aliphatic carbocycles. The first kappa shape index (κ1) is 21.4. The molecule has 0 aliphatic rings. The number of likely N-dealkylation sites (N-methyl/N-ethyl adjacent to an activating group) is 1. The summed E-state index contributed by atoms with van der Waals surface area (Å²) >= 11 is 0. The summed E-state index contributed by atoms with van der Waals surface area (Å²) in [6.07, 6.45) is 0. The fourth-order valence-electron chi connectivity index (χ4n) is 3.29. The number of aryl methyl sites for hydroxylation is 1. The van der Waals surface area contributed by atoms with Gasteiger partial charge in [0.2, 0.25) is 0 Å². The fraction of sp³-hybridized carbons (Fsp3) is 0.240. The molecule has 0 bridgehead atoms. The van der Waals surface area contributed by atoms with Gasteiger partial charge in [0, 0.05) is 11.3 Å². The maximum atomic E-state index is 12.3. The molecule has 1 amide bonds. The Labute approximate surface area is 178 Å². The molecule has 1 atom stereocenters. The van der Waals surface area contributed by atoms with Crippen molar-refractivity contribution in [2.45, 2.75) is 20.1 Å². The van der Waals surface area contributed by atoms with Gasteiger partial charge in [-0.05, 0) is 48.4 Å². The first-order valence-electron chi connectivity index (χ1n) is 10.0. The Morgan fingerprint density at radius 3 is 2.47 bits per heavy atom. The predicted octanol–water partition coefficient (Wildman–Crippen LogP) is 3.24. The van der Waals surface area contributed by atoms with E-state index in [1.165, 1.54) is 0 Å². The topological polar surface area (TPSA) is 52.0 Å². The number of nitrogens with one attached hydrogen (secondary N) is 2. The Balaban J connectivity index is 1.55. The lowest BCUT2D eigenvalue weighted by molar-refractivity contribution is -0.885. The third kappa shape index (κ3) is 6.36. The predicted molar refractivity (Wildman–Crippen MR) is 119 cm³/mol. The van der Waals surface area contributed by atoms with E-state index in [1.807, 2.05) is 86.8 Å². The second kappa shape index (κ2) is 10.5. The SMILES string of the molecule is COc1cc(C[NH+](C)CC(=O)Nc2cccc(C)c2)ccc1OCc1ccccc1. The largest absolute Gasteiger partial charge is 0.493 e. The smallest absolute Gasteiger partial charge is 0.279 e. The van der Waals surface area contributed by atoms with Crippen molar-refractivity contribution < 1.29 is 19.2 Å². The number of hydrogen-bond acceptors (Lipinski definition) is 3. The van der Waals surface area contributed by atoms with Crippen LogP contribution in [-0.2, 0) is 17.9 Å². The minimum absolute atomic E-state index is 0.00659. The molecule has 3 aromatic rings. The zero-order valence-electron chi connectivity index (χ0n) is 17.8. The minimum atomic E-state index is -0.00659. The standard InChI is InChI=1S/C25H28N2O3/c1-19-8-7-11-22(14-19)26-25(28)17-27(2)16-21-12-13-23(24(15-21)29-3)30-18-20-9-5-4-6-10-20/h4-15H,16-18H2,1-3H3,(H,26,28)/p+1. The summed E-state index contributed by atoms with van der Waals surface area (Å²) in [7, 11) is 3.64. The molecule has 2 N–H and O–H groups in total. The van der Waals surface area contributed by atoms with Gasteiger partial charge in [0.1, 0.15) is 13.2 Å². The Morgan fingerprint density at radius 2 is 1.73 bits per heavy atom. The van der Waals surface area contributed by atoms with Gasteiger partial charge in [-0.25, -0.2) is 0 Å². The van der Waals surface area contributed by atoms with Crippen molar-refractivity contribution >= 4 is 11.6 Å². The molecule has 3 aromatic carbocycles. The Bertz CT molecular complexity index is 973. The lowest BCUT2D eigenvalue weighted by Crippen LogP contribution is -3.08. The minimum Gasteiger partial charge on any atom is -0.493 e. The molecule has 0 aromatic heterocycles. The first-order chi connectivity index (χ1) is 14.5. The van der Waals surface area contributed by atoms with Gasteiger partial charge in [-0.1, -0.05) is 42.5 Å². The van der Waals surface area contributed by atoms with E-state index in [-0.39, 0.29) is 5.91 Å². The van der Waals surface area contributed by atoms with Gasteiger partial charge in [-0.3, -0.25) is 4.79 Å². The Morgan fingerprint density at radius 1 is 0.933 bits per heavy atom. The normalized spacial score (nSPS) is 11.6. The highest BCUT2D eigenvalue weighted by Crippen LogP contribution is 2.28. The summed E-state index contributed by atoms with van der Waals surface area (Å²) in [5.41, 5.74) is 4.14. The molecule has 156 valence electrons. The second-order valence-corrected chi connectivity index (χ2v) is 7.49. The zero-order valence-corrected chi connectivity index (χ0v) is 17.8. The van der Waals surface area contributed by atoms with Crippen LogP contribution in [0.3, 0.4) is 0 Å². The molecule has 30 heavy (non-hydrogen) atoms. The third-order valence-electron chi connectivity index (χ3n) is 4.74. The maximum absolute atomic E-state index is 12.3. The van der Waals surface area contributed by atoms with Crippen LogP contribution in [-0.4, -0.2) is 26.6 Å². The molecule has 0 fully saturated rings. The molecule has 5 heteroatoms. The Kier molecular flexibility index (Phi) is 7.46. The summed E-state index contributed by atoms with van der Waals surface area (Å²) < 4.78 is 11.4.